The van der Waals surface area contributed by atoms with E-state index >= 15 is 0 Å². The quantitative estimate of drug-likeness (QED) is 0.677. The van der Waals surface area contributed by atoms with Crippen LogP contribution in [0.4, 0.5) is 0 Å². The maximum atomic E-state index is 11.4. The van der Waals surface area contributed by atoms with Gasteiger partial charge in [0.1, 0.15) is 5.88 Å². The molecule has 0 saturated carbocycles. The number of carbonyl (C=O) groups excluding carboxylic acids is 1. The molecule has 0 spiro atoms. The van der Waals surface area contributed by atoms with Crippen molar-refractivity contribution >= 4 is 28.8 Å². The summed E-state index contributed by atoms with van der Waals surface area (Å²) >= 11 is 7.34. The molecule has 1 aromatic heterocycles. The largest absolute Gasteiger partial charge is 0.337 e. The summed E-state index contributed by atoms with van der Waals surface area (Å²) in [4.78, 5) is 14.7. The van der Waals surface area contributed by atoms with E-state index in [9.17, 15) is 4.79 Å². The second-order valence-electron chi connectivity index (χ2n) is 3.42. The van der Waals surface area contributed by atoms with Gasteiger partial charge in [0, 0.05) is 18.0 Å². The minimum atomic E-state index is 0.0470. The zero-order valence-electron chi connectivity index (χ0n) is 7.83. The van der Waals surface area contributed by atoms with Crippen molar-refractivity contribution in [3.63, 3.8) is 0 Å². The number of alkyl halides is 1. The molecule has 1 aliphatic rings. The van der Waals surface area contributed by atoms with Crippen molar-refractivity contribution in [2.75, 3.05) is 12.4 Å². The van der Waals surface area contributed by atoms with Crippen LogP contribution in [0.2, 0.25) is 0 Å². The summed E-state index contributed by atoms with van der Waals surface area (Å²) in [5.74, 6) is 0.144. The van der Waals surface area contributed by atoms with Crippen LogP contribution in [0.1, 0.15) is 16.9 Å². The Morgan fingerprint density at radius 3 is 3.29 bits per heavy atom. The summed E-state index contributed by atoms with van der Waals surface area (Å²) in [6.07, 6.45) is 2.15. The van der Waals surface area contributed by atoms with E-state index in [1.54, 1.807) is 11.3 Å². The highest BCUT2D eigenvalue weighted by atomic mass is 35.5. The van der Waals surface area contributed by atoms with Crippen molar-refractivity contribution in [2.24, 2.45) is 0 Å². The van der Waals surface area contributed by atoms with Gasteiger partial charge in [-0.25, -0.2) is 0 Å². The topological polar surface area (TPSA) is 20.3 Å². The SMILES string of the molecule is O=C(CCl)N1CCCc2sccc2C1. The number of nitrogens with zero attached hydrogens (tertiary/aromatic N) is 1. The van der Waals surface area contributed by atoms with Crippen LogP contribution in [-0.2, 0) is 17.8 Å². The Morgan fingerprint density at radius 1 is 1.64 bits per heavy atom. The zero-order chi connectivity index (χ0) is 9.97. The molecule has 2 heterocycles. The third-order valence-corrected chi connectivity index (χ3v) is 3.75. The fourth-order valence-electron chi connectivity index (χ4n) is 1.74. The van der Waals surface area contributed by atoms with Crippen LogP contribution in [0.3, 0.4) is 0 Å². The van der Waals surface area contributed by atoms with Gasteiger partial charge in [-0.05, 0) is 29.9 Å². The van der Waals surface area contributed by atoms with E-state index in [1.165, 1.54) is 10.4 Å². The first-order chi connectivity index (χ1) is 6.81. The Bertz CT molecular complexity index is 337. The smallest absolute Gasteiger partial charge is 0.237 e. The van der Waals surface area contributed by atoms with Crippen LogP contribution in [0.5, 0.6) is 0 Å². The molecule has 2 rings (SSSR count). The summed E-state index contributed by atoms with van der Waals surface area (Å²) in [6, 6.07) is 2.11. The second kappa shape index (κ2) is 4.32. The van der Waals surface area contributed by atoms with Crippen LogP contribution in [-0.4, -0.2) is 23.2 Å². The molecule has 1 aromatic rings. The predicted octanol–water partition coefficient (Wildman–Crippen LogP) is 2.26. The van der Waals surface area contributed by atoms with Crippen molar-refractivity contribution in [3.05, 3.63) is 21.9 Å². The Kier molecular flexibility index (Phi) is 3.08. The van der Waals surface area contributed by atoms with Gasteiger partial charge < -0.3 is 4.90 Å². The lowest BCUT2D eigenvalue weighted by Gasteiger charge is -2.18. The van der Waals surface area contributed by atoms with Crippen LogP contribution in [0.25, 0.3) is 0 Å². The third kappa shape index (κ3) is 1.93. The van der Waals surface area contributed by atoms with E-state index in [2.05, 4.69) is 11.4 Å². The van der Waals surface area contributed by atoms with Crippen LogP contribution in [0.15, 0.2) is 11.4 Å². The molecule has 76 valence electrons. The van der Waals surface area contributed by atoms with Gasteiger partial charge in [-0.2, -0.15) is 0 Å². The second-order valence-corrected chi connectivity index (χ2v) is 4.69. The van der Waals surface area contributed by atoms with E-state index in [1.807, 2.05) is 4.90 Å². The molecule has 1 aliphatic heterocycles. The van der Waals surface area contributed by atoms with E-state index < -0.39 is 0 Å². The standard InChI is InChI=1S/C10H12ClNOS/c11-6-10(13)12-4-1-2-9-8(7-12)3-5-14-9/h3,5H,1-2,4,6-7H2. The van der Waals surface area contributed by atoms with Gasteiger partial charge >= 0.3 is 0 Å². The number of halogens is 1. The number of rotatable bonds is 1. The monoisotopic (exact) mass is 229 g/mol. The zero-order valence-corrected chi connectivity index (χ0v) is 9.40. The average Bonchev–Trinajstić information content (AvgIpc) is 2.54. The van der Waals surface area contributed by atoms with Gasteiger partial charge in [0.2, 0.25) is 5.91 Å². The van der Waals surface area contributed by atoms with Crippen molar-refractivity contribution in [2.45, 2.75) is 19.4 Å². The van der Waals surface area contributed by atoms with Gasteiger partial charge in [-0.15, -0.1) is 22.9 Å². The molecule has 0 aliphatic carbocycles. The summed E-state index contributed by atoms with van der Waals surface area (Å²) in [5.41, 5.74) is 1.30. The molecule has 0 radical (unpaired) electrons. The number of amides is 1. The van der Waals surface area contributed by atoms with E-state index in [0.717, 1.165) is 25.9 Å². The van der Waals surface area contributed by atoms with Crippen molar-refractivity contribution in [3.8, 4) is 0 Å². The number of aryl methyl sites for hydroxylation is 1. The normalized spacial score (nSPS) is 16.2. The maximum absolute atomic E-state index is 11.4. The Balaban J connectivity index is 2.15. The van der Waals surface area contributed by atoms with Gasteiger partial charge in [0.15, 0.2) is 0 Å². The van der Waals surface area contributed by atoms with E-state index in [0.29, 0.717) is 0 Å². The highest BCUT2D eigenvalue weighted by Gasteiger charge is 2.18. The molecular formula is C10H12ClNOS. The third-order valence-electron chi connectivity index (χ3n) is 2.50. The molecule has 0 saturated heterocycles. The Hall–Kier alpha value is -0.540. The molecule has 2 nitrogen and oxygen atoms in total. The molecule has 0 fully saturated rings. The first kappa shape index (κ1) is 9.99. The van der Waals surface area contributed by atoms with Gasteiger partial charge in [-0.1, -0.05) is 0 Å². The fraction of sp³-hybridized carbons (Fsp3) is 0.500. The summed E-state index contributed by atoms with van der Waals surface area (Å²) < 4.78 is 0. The molecular weight excluding hydrogens is 218 g/mol. The lowest BCUT2D eigenvalue weighted by atomic mass is 10.2. The van der Waals surface area contributed by atoms with Crippen molar-refractivity contribution < 1.29 is 4.79 Å². The minimum Gasteiger partial charge on any atom is -0.337 e. The minimum absolute atomic E-state index is 0.0470. The van der Waals surface area contributed by atoms with Crippen LogP contribution >= 0.6 is 22.9 Å². The molecule has 1 amide bonds. The molecule has 14 heavy (non-hydrogen) atoms. The summed E-state index contributed by atoms with van der Waals surface area (Å²) in [5, 5.41) is 2.10. The summed E-state index contributed by atoms with van der Waals surface area (Å²) in [7, 11) is 0. The van der Waals surface area contributed by atoms with E-state index in [-0.39, 0.29) is 11.8 Å². The lowest BCUT2D eigenvalue weighted by molar-refractivity contribution is -0.129. The Labute approximate surface area is 92.5 Å². The number of hydrogen-bond donors (Lipinski definition) is 0. The number of carbonyl (C=O) groups is 1. The number of hydrogen-bond acceptors (Lipinski definition) is 2. The van der Waals surface area contributed by atoms with Crippen molar-refractivity contribution in [1.82, 2.24) is 4.90 Å². The molecule has 0 aromatic carbocycles. The highest BCUT2D eigenvalue weighted by molar-refractivity contribution is 7.10. The number of thiophene rings is 1. The number of fused-ring (bicyclic) bond motifs is 1. The van der Waals surface area contributed by atoms with Gasteiger partial charge in [0.05, 0.1) is 0 Å². The molecule has 0 N–H and O–H groups in total. The molecule has 0 atom stereocenters. The lowest BCUT2D eigenvalue weighted by Crippen LogP contribution is -2.31. The first-order valence-corrected chi connectivity index (χ1v) is 6.11. The first-order valence-electron chi connectivity index (χ1n) is 4.70. The predicted molar refractivity (Wildman–Crippen MR) is 58.8 cm³/mol. The summed E-state index contributed by atoms with van der Waals surface area (Å²) in [6.45, 7) is 1.58. The van der Waals surface area contributed by atoms with E-state index in [4.69, 9.17) is 11.6 Å². The molecule has 4 heteroatoms. The highest BCUT2D eigenvalue weighted by Crippen LogP contribution is 2.23. The van der Waals surface area contributed by atoms with Crippen LogP contribution in [0, 0.1) is 0 Å². The molecule has 0 unspecified atom stereocenters. The maximum Gasteiger partial charge on any atom is 0.237 e. The fourth-order valence-corrected chi connectivity index (χ4v) is 2.85. The van der Waals surface area contributed by atoms with Gasteiger partial charge in [-0.3, -0.25) is 4.79 Å². The average molecular weight is 230 g/mol. The molecule has 0 bridgehead atoms. The van der Waals surface area contributed by atoms with Crippen LogP contribution < -0.4 is 0 Å². The van der Waals surface area contributed by atoms with Crippen molar-refractivity contribution in [1.29, 1.82) is 0 Å². The Morgan fingerprint density at radius 2 is 2.50 bits per heavy atom. The van der Waals surface area contributed by atoms with Gasteiger partial charge in [0.25, 0.3) is 0 Å².